The molecule has 1 aliphatic heterocycles. The first-order valence-electron chi connectivity index (χ1n) is 5.72. The Morgan fingerprint density at radius 1 is 1.12 bits per heavy atom. The SMILES string of the molecule is NCC(c1cc(F)c(F)c(F)c1)N1CCCC1. The minimum absolute atomic E-state index is 0.234. The molecule has 1 aliphatic rings. The normalized spacial score (nSPS) is 18.6. The van der Waals surface area contributed by atoms with Crippen LogP contribution in [-0.4, -0.2) is 24.5 Å². The Kier molecular flexibility index (Phi) is 3.69. The molecular formula is C12H15F3N2. The van der Waals surface area contributed by atoms with E-state index in [9.17, 15) is 13.2 Å². The summed E-state index contributed by atoms with van der Waals surface area (Å²) >= 11 is 0. The number of likely N-dealkylation sites (tertiary alicyclic amines) is 1. The van der Waals surface area contributed by atoms with Gasteiger partial charge in [-0.2, -0.15) is 0 Å². The summed E-state index contributed by atoms with van der Waals surface area (Å²) in [6.45, 7) is 2.00. The van der Waals surface area contributed by atoms with Crippen molar-refractivity contribution in [3.8, 4) is 0 Å². The van der Waals surface area contributed by atoms with Crippen molar-refractivity contribution < 1.29 is 13.2 Å². The summed E-state index contributed by atoms with van der Waals surface area (Å²) in [5.41, 5.74) is 6.05. The molecule has 0 aliphatic carbocycles. The van der Waals surface area contributed by atoms with Crippen molar-refractivity contribution in [1.29, 1.82) is 0 Å². The highest BCUT2D eigenvalue weighted by Gasteiger charge is 2.24. The standard InChI is InChI=1S/C12H15F3N2/c13-9-5-8(6-10(14)12(9)15)11(7-16)17-3-1-2-4-17/h5-6,11H,1-4,7,16H2. The zero-order valence-electron chi connectivity index (χ0n) is 9.43. The molecule has 1 atom stereocenters. The number of benzene rings is 1. The third kappa shape index (κ3) is 2.45. The molecule has 1 aromatic rings. The van der Waals surface area contributed by atoms with Crippen LogP contribution < -0.4 is 5.73 Å². The van der Waals surface area contributed by atoms with E-state index >= 15 is 0 Å². The maximum Gasteiger partial charge on any atom is 0.194 e. The lowest BCUT2D eigenvalue weighted by atomic mass is 10.1. The zero-order chi connectivity index (χ0) is 12.4. The maximum atomic E-state index is 13.1. The van der Waals surface area contributed by atoms with Gasteiger partial charge >= 0.3 is 0 Å². The van der Waals surface area contributed by atoms with Crippen molar-refractivity contribution in [3.63, 3.8) is 0 Å². The molecule has 17 heavy (non-hydrogen) atoms. The number of nitrogens with zero attached hydrogens (tertiary/aromatic N) is 1. The van der Waals surface area contributed by atoms with Crippen LogP contribution in [0.15, 0.2) is 12.1 Å². The lowest BCUT2D eigenvalue weighted by molar-refractivity contribution is 0.249. The van der Waals surface area contributed by atoms with E-state index in [0.717, 1.165) is 38.1 Å². The Bertz CT molecular complexity index is 380. The highest BCUT2D eigenvalue weighted by molar-refractivity contribution is 5.23. The van der Waals surface area contributed by atoms with Gasteiger partial charge in [0.1, 0.15) is 0 Å². The molecule has 5 heteroatoms. The minimum Gasteiger partial charge on any atom is -0.329 e. The molecule has 2 rings (SSSR count). The number of halogens is 3. The van der Waals surface area contributed by atoms with E-state index in [1.165, 1.54) is 0 Å². The highest BCUT2D eigenvalue weighted by Crippen LogP contribution is 2.26. The van der Waals surface area contributed by atoms with E-state index in [1.807, 2.05) is 0 Å². The fourth-order valence-corrected chi connectivity index (χ4v) is 2.32. The van der Waals surface area contributed by atoms with Crippen LogP contribution in [0.4, 0.5) is 13.2 Å². The maximum absolute atomic E-state index is 13.1. The van der Waals surface area contributed by atoms with Crippen LogP contribution in [0.1, 0.15) is 24.4 Å². The molecule has 1 unspecified atom stereocenters. The van der Waals surface area contributed by atoms with E-state index in [1.54, 1.807) is 0 Å². The van der Waals surface area contributed by atoms with Gasteiger partial charge in [-0.3, -0.25) is 4.90 Å². The molecule has 0 aromatic heterocycles. The van der Waals surface area contributed by atoms with Gasteiger partial charge in [0.05, 0.1) is 0 Å². The molecule has 1 aromatic carbocycles. The van der Waals surface area contributed by atoms with Crippen molar-refractivity contribution in [3.05, 3.63) is 35.1 Å². The minimum atomic E-state index is -1.43. The topological polar surface area (TPSA) is 29.3 Å². The van der Waals surface area contributed by atoms with Gasteiger partial charge in [-0.1, -0.05) is 0 Å². The Morgan fingerprint density at radius 3 is 2.12 bits per heavy atom. The predicted molar refractivity (Wildman–Crippen MR) is 58.9 cm³/mol. The number of hydrogen-bond donors (Lipinski definition) is 1. The summed E-state index contributed by atoms with van der Waals surface area (Å²) in [5.74, 6) is -3.73. The molecule has 1 saturated heterocycles. The summed E-state index contributed by atoms with van der Waals surface area (Å²) < 4.78 is 39.2. The molecule has 0 spiro atoms. The lowest BCUT2D eigenvalue weighted by Crippen LogP contribution is -2.31. The van der Waals surface area contributed by atoms with E-state index in [0.29, 0.717) is 5.56 Å². The molecule has 2 nitrogen and oxygen atoms in total. The summed E-state index contributed by atoms with van der Waals surface area (Å²) in [4.78, 5) is 2.08. The summed E-state index contributed by atoms with van der Waals surface area (Å²) in [5, 5.41) is 0. The van der Waals surface area contributed by atoms with Crippen molar-refractivity contribution in [2.45, 2.75) is 18.9 Å². The van der Waals surface area contributed by atoms with Crippen molar-refractivity contribution in [2.75, 3.05) is 19.6 Å². The summed E-state index contributed by atoms with van der Waals surface area (Å²) in [6.07, 6.45) is 2.12. The van der Waals surface area contributed by atoms with E-state index in [2.05, 4.69) is 4.90 Å². The molecule has 2 N–H and O–H groups in total. The second kappa shape index (κ2) is 5.06. The molecule has 0 bridgehead atoms. The van der Waals surface area contributed by atoms with E-state index < -0.39 is 17.5 Å². The molecular weight excluding hydrogens is 229 g/mol. The van der Waals surface area contributed by atoms with Crippen LogP contribution in [0, 0.1) is 17.5 Å². The van der Waals surface area contributed by atoms with Gasteiger partial charge in [0, 0.05) is 12.6 Å². The largest absolute Gasteiger partial charge is 0.329 e. The highest BCUT2D eigenvalue weighted by atomic mass is 19.2. The van der Waals surface area contributed by atoms with Crippen LogP contribution in [0.25, 0.3) is 0 Å². The number of nitrogens with two attached hydrogens (primary N) is 1. The first kappa shape index (κ1) is 12.4. The van der Waals surface area contributed by atoms with Crippen LogP contribution in [0.5, 0.6) is 0 Å². The van der Waals surface area contributed by atoms with Crippen LogP contribution in [0.3, 0.4) is 0 Å². The van der Waals surface area contributed by atoms with Crippen LogP contribution in [-0.2, 0) is 0 Å². The molecule has 0 saturated carbocycles. The van der Waals surface area contributed by atoms with Gasteiger partial charge in [-0.15, -0.1) is 0 Å². The molecule has 1 heterocycles. The Morgan fingerprint density at radius 2 is 1.65 bits per heavy atom. The van der Waals surface area contributed by atoms with Crippen LogP contribution in [0.2, 0.25) is 0 Å². The van der Waals surface area contributed by atoms with Gasteiger partial charge in [0.25, 0.3) is 0 Å². The first-order valence-corrected chi connectivity index (χ1v) is 5.72. The van der Waals surface area contributed by atoms with Crippen molar-refractivity contribution >= 4 is 0 Å². The number of rotatable bonds is 3. The van der Waals surface area contributed by atoms with E-state index in [4.69, 9.17) is 5.73 Å². The van der Waals surface area contributed by atoms with Crippen LogP contribution >= 0.6 is 0 Å². The van der Waals surface area contributed by atoms with Gasteiger partial charge in [-0.05, 0) is 43.6 Å². The Hall–Kier alpha value is -1.07. The fraction of sp³-hybridized carbons (Fsp3) is 0.500. The quantitative estimate of drug-likeness (QED) is 0.826. The predicted octanol–water partition coefficient (Wildman–Crippen LogP) is 2.20. The second-order valence-electron chi connectivity index (χ2n) is 4.29. The van der Waals surface area contributed by atoms with Gasteiger partial charge in [0.2, 0.25) is 0 Å². The van der Waals surface area contributed by atoms with Gasteiger partial charge in [0.15, 0.2) is 17.5 Å². The first-order chi connectivity index (χ1) is 8.13. The molecule has 94 valence electrons. The summed E-state index contributed by atoms with van der Waals surface area (Å²) in [7, 11) is 0. The second-order valence-corrected chi connectivity index (χ2v) is 4.29. The lowest BCUT2D eigenvalue weighted by Gasteiger charge is -2.26. The van der Waals surface area contributed by atoms with Crippen molar-refractivity contribution in [1.82, 2.24) is 4.90 Å². The zero-order valence-corrected chi connectivity index (χ0v) is 9.43. The average Bonchev–Trinajstić information content (AvgIpc) is 2.80. The number of hydrogen-bond acceptors (Lipinski definition) is 2. The third-order valence-electron chi connectivity index (χ3n) is 3.20. The Labute approximate surface area is 98.2 Å². The van der Waals surface area contributed by atoms with Gasteiger partial charge in [-0.25, -0.2) is 13.2 Å². The fourth-order valence-electron chi connectivity index (χ4n) is 2.32. The molecule has 0 radical (unpaired) electrons. The third-order valence-corrected chi connectivity index (χ3v) is 3.20. The molecule has 0 amide bonds. The summed E-state index contributed by atoms with van der Waals surface area (Å²) in [6, 6.07) is 1.84. The average molecular weight is 244 g/mol. The van der Waals surface area contributed by atoms with Crippen molar-refractivity contribution in [2.24, 2.45) is 5.73 Å². The van der Waals surface area contributed by atoms with Gasteiger partial charge < -0.3 is 5.73 Å². The smallest absolute Gasteiger partial charge is 0.194 e. The monoisotopic (exact) mass is 244 g/mol. The van der Waals surface area contributed by atoms with E-state index in [-0.39, 0.29) is 12.6 Å². The Balaban J connectivity index is 2.30. The molecule has 1 fully saturated rings.